The molecule has 2 atom stereocenters. The van der Waals surface area contributed by atoms with Crippen LogP contribution in [0.5, 0.6) is 0 Å². The van der Waals surface area contributed by atoms with Crippen LogP contribution < -0.4 is 10.6 Å². The zero-order valence-electron chi connectivity index (χ0n) is 8.44. The molecule has 0 aromatic rings. The summed E-state index contributed by atoms with van der Waals surface area (Å²) in [5.41, 5.74) is 0. The molecule has 2 unspecified atom stereocenters. The minimum absolute atomic E-state index is 0.0403. The van der Waals surface area contributed by atoms with Crippen molar-refractivity contribution in [1.82, 2.24) is 10.6 Å². The summed E-state index contributed by atoms with van der Waals surface area (Å²) in [4.78, 5) is 11.4. The van der Waals surface area contributed by atoms with Gasteiger partial charge in [0.05, 0.1) is 12.6 Å². The molecule has 0 aromatic heterocycles. The predicted molar refractivity (Wildman–Crippen MR) is 49.3 cm³/mol. The van der Waals surface area contributed by atoms with Gasteiger partial charge in [0, 0.05) is 12.5 Å². The Morgan fingerprint density at radius 1 is 1.71 bits per heavy atom. The van der Waals surface area contributed by atoms with Gasteiger partial charge in [0.15, 0.2) is 0 Å². The lowest BCUT2D eigenvalue weighted by molar-refractivity contribution is -0.124. The van der Waals surface area contributed by atoms with Crippen LogP contribution in [0.1, 0.15) is 26.7 Å². The van der Waals surface area contributed by atoms with Gasteiger partial charge in [0.1, 0.15) is 0 Å². The fourth-order valence-electron chi connectivity index (χ4n) is 1.35. The van der Waals surface area contributed by atoms with Crippen LogP contribution in [-0.4, -0.2) is 30.5 Å². The molecule has 0 radical (unpaired) electrons. The molecule has 5 heteroatoms. The molecule has 1 fully saturated rings. The first-order valence-corrected chi connectivity index (χ1v) is 4.86. The number of nitrogens with one attached hydrogen (secondary N) is 2. The highest BCUT2D eigenvalue weighted by Crippen LogP contribution is 2.25. The van der Waals surface area contributed by atoms with Crippen molar-refractivity contribution >= 4 is 5.91 Å². The second-order valence-electron chi connectivity index (χ2n) is 3.81. The summed E-state index contributed by atoms with van der Waals surface area (Å²) < 4.78 is 25.5. The molecular weight excluding hydrogens is 190 g/mol. The smallest absolute Gasteiger partial charge is 0.262 e. The van der Waals surface area contributed by atoms with Gasteiger partial charge in [0.25, 0.3) is 5.92 Å². The van der Waals surface area contributed by atoms with Crippen LogP contribution in [0, 0.1) is 0 Å². The summed E-state index contributed by atoms with van der Waals surface area (Å²) in [5, 5.41) is 5.19. The molecule has 0 spiro atoms. The number of hydrogen-bond donors (Lipinski definition) is 2. The third-order valence-corrected chi connectivity index (χ3v) is 2.43. The van der Waals surface area contributed by atoms with Gasteiger partial charge in [-0.05, 0) is 13.3 Å². The van der Waals surface area contributed by atoms with E-state index in [1.54, 1.807) is 0 Å². The summed E-state index contributed by atoms with van der Waals surface area (Å²) >= 11 is 0. The van der Waals surface area contributed by atoms with Crippen molar-refractivity contribution in [2.24, 2.45) is 0 Å². The number of hydrogen-bond acceptors (Lipinski definition) is 2. The molecule has 1 heterocycles. The molecule has 2 N–H and O–H groups in total. The molecule has 3 nitrogen and oxygen atoms in total. The largest absolute Gasteiger partial charge is 0.352 e. The summed E-state index contributed by atoms with van der Waals surface area (Å²) in [6.45, 7) is 3.39. The normalized spacial score (nSPS) is 27.3. The van der Waals surface area contributed by atoms with Crippen molar-refractivity contribution in [2.75, 3.05) is 6.54 Å². The van der Waals surface area contributed by atoms with E-state index in [1.165, 1.54) is 0 Å². The van der Waals surface area contributed by atoms with Gasteiger partial charge in [-0.25, -0.2) is 8.78 Å². The van der Waals surface area contributed by atoms with E-state index >= 15 is 0 Å². The molecule has 0 aromatic carbocycles. The van der Waals surface area contributed by atoms with E-state index in [1.807, 2.05) is 13.8 Å². The van der Waals surface area contributed by atoms with Gasteiger partial charge in [-0.1, -0.05) is 6.92 Å². The van der Waals surface area contributed by atoms with E-state index in [9.17, 15) is 13.6 Å². The number of halogens is 2. The van der Waals surface area contributed by atoms with Crippen molar-refractivity contribution in [3.05, 3.63) is 0 Å². The molecule has 0 aliphatic carbocycles. The molecule has 14 heavy (non-hydrogen) atoms. The lowest BCUT2D eigenvalue weighted by atomic mass is 10.1. The Morgan fingerprint density at radius 2 is 2.36 bits per heavy atom. The van der Waals surface area contributed by atoms with Crippen LogP contribution in [0.25, 0.3) is 0 Å². The van der Waals surface area contributed by atoms with Gasteiger partial charge < -0.3 is 5.32 Å². The van der Waals surface area contributed by atoms with Crippen molar-refractivity contribution in [3.63, 3.8) is 0 Å². The van der Waals surface area contributed by atoms with Crippen molar-refractivity contribution in [2.45, 2.75) is 44.7 Å². The van der Waals surface area contributed by atoms with E-state index in [0.29, 0.717) is 0 Å². The molecule has 1 amide bonds. The van der Waals surface area contributed by atoms with Gasteiger partial charge in [-0.15, -0.1) is 0 Å². The van der Waals surface area contributed by atoms with E-state index in [2.05, 4.69) is 10.6 Å². The first-order chi connectivity index (χ1) is 6.44. The summed E-state index contributed by atoms with van der Waals surface area (Å²) in [5.74, 6) is -3.06. The van der Waals surface area contributed by atoms with Gasteiger partial charge in [-0.2, -0.15) is 0 Å². The first-order valence-electron chi connectivity index (χ1n) is 4.86. The SMILES string of the molecule is CCC(C)NC(=O)C1CC(F)(F)CN1. The average molecular weight is 206 g/mol. The Labute approximate surface area is 82.2 Å². The molecule has 82 valence electrons. The van der Waals surface area contributed by atoms with Crippen LogP contribution in [0.2, 0.25) is 0 Å². The number of amides is 1. The predicted octanol–water partition coefficient (Wildman–Crippen LogP) is 0.898. The first kappa shape index (κ1) is 11.4. The second kappa shape index (κ2) is 4.21. The van der Waals surface area contributed by atoms with E-state index < -0.39 is 24.9 Å². The maximum absolute atomic E-state index is 12.7. The fraction of sp³-hybridized carbons (Fsp3) is 0.889. The Kier molecular flexibility index (Phi) is 3.42. The molecule has 1 rings (SSSR count). The monoisotopic (exact) mass is 206 g/mol. The van der Waals surface area contributed by atoms with Crippen LogP contribution in [0.3, 0.4) is 0 Å². The van der Waals surface area contributed by atoms with E-state index in [4.69, 9.17) is 0 Å². The fourth-order valence-corrected chi connectivity index (χ4v) is 1.35. The second-order valence-corrected chi connectivity index (χ2v) is 3.81. The Bertz CT molecular complexity index is 221. The highest BCUT2D eigenvalue weighted by molar-refractivity contribution is 5.82. The average Bonchev–Trinajstić information content (AvgIpc) is 2.46. The maximum Gasteiger partial charge on any atom is 0.262 e. The number of alkyl halides is 2. The molecular formula is C9H16F2N2O. The number of carbonyl (C=O) groups is 1. The lowest BCUT2D eigenvalue weighted by Crippen LogP contribution is -2.43. The highest BCUT2D eigenvalue weighted by atomic mass is 19.3. The van der Waals surface area contributed by atoms with Gasteiger partial charge in [-0.3, -0.25) is 10.1 Å². The van der Waals surface area contributed by atoms with Crippen molar-refractivity contribution in [1.29, 1.82) is 0 Å². The third-order valence-electron chi connectivity index (χ3n) is 2.43. The van der Waals surface area contributed by atoms with Gasteiger partial charge >= 0.3 is 0 Å². The molecule has 1 saturated heterocycles. The van der Waals surface area contributed by atoms with Crippen LogP contribution in [0.4, 0.5) is 8.78 Å². The Hall–Kier alpha value is -0.710. The van der Waals surface area contributed by atoms with Crippen LogP contribution in [0.15, 0.2) is 0 Å². The molecule has 0 saturated carbocycles. The Morgan fingerprint density at radius 3 is 2.79 bits per heavy atom. The minimum atomic E-state index is -2.74. The van der Waals surface area contributed by atoms with E-state index in [-0.39, 0.29) is 11.9 Å². The zero-order chi connectivity index (χ0) is 10.8. The van der Waals surface area contributed by atoms with Crippen molar-refractivity contribution < 1.29 is 13.6 Å². The van der Waals surface area contributed by atoms with Gasteiger partial charge in [0.2, 0.25) is 5.91 Å². The molecule has 1 aliphatic rings. The standard InChI is InChI=1S/C9H16F2N2O/c1-3-6(2)13-8(14)7-4-9(10,11)5-12-7/h6-7,12H,3-5H2,1-2H3,(H,13,14). The maximum atomic E-state index is 12.7. The quantitative estimate of drug-likeness (QED) is 0.720. The van der Waals surface area contributed by atoms with Crippen LogP contribution >= 0.6 is 0 Å². The minimum Gasteiger partial charge on any atom is -0.352 e. The summed E-state index contributed by atoms with van der Waals surface area (Å²) in [6.07, 6.45) is 0.407. The molecule has 1 aliphatic heterocycles. The number of carbonyl (C=O) groups excluding carboxylic acids is 1. The topological polar surface area (TPSA) is 41.1 Å². The summed E-state index contributed by atoms with van der Waals surface area (Å²) in [7, 11) is 0. The Balaban J connectivity index is 2.40. The number of rotatable bonds is 3. The lowest BCUT2D eigenvalue weighted by Gasteiger charge is -2.15. The zero-order valence-corrected chi connectivity index (χ0v) is 8.44. The van der Waals surface area contributed by atoms with E-state index in [0.717, 1.165) is 6.42 Å². The third kappa shape index (κ3) is 2.90. The van der Waals surface area contributed by atoms with Crippen LogP contribution in [-0.2, 0) is 4.79 Å². The highest BCUT2D eigenvalue weighted by Gasteiger charge is 2.42. The summed E-state index contributed by atoms with van der Waals surface area (Å²) in [6, 6.07) is -0.697. The molecule has 0 bridgehead atoms. The van der Waals surface area contributed by atoms with Crippen molar-refractivity contribution in [3.8, 4) is 0 Å².